The zero-order valence-corrected chi connectivity index (χ0v) is 10.2. The van der Waals surface area contributed by atoms with E-state index >= 15 is 0 Å². The van der Waals surface area contributed by atoms with Gasteiger partial charge in [-0.05, 0) is 6.42 Å². The Bertz CT molecular complexity index is 156. The fraction of sp³-hybridized carbons (Fsp3) is 1.00. The molecule has 0 aromatic heterocycles. The molecule has 0 unspecified atom stereocenters. The normalized spacial score (nSPS) is 10.6. The van der Waals surface area contributed by atoms with Crippen molar-refractivity contribution in [2.45, 2.75) is 19.8 Å². The second-order valence-corrected chi connectivity index (χ2v) is 2.90. The molecule has 6 heteroatoms. The summed E-state index contributed by atoms with van der Waals surface area (Å²) in [6.45, 7) is 2.17. The standard InChI is InChI=1S/C4H11NO3S.K/c1-2-3-4-5-9(6,7)8;/h5H,2-4H2,1H3,(H,6,7,8);/q;+1/p-1. The first kappa shape index (κ1) is 14.1. The van der Waals surface area contributed by atoms with Crippen LogP contribution < -0.4 is 56.1 Å². The molecule has 0 aliphatic heterocycles. The molecule has 0 fully saturated rings. The van der Waals surface area contributed by atoms with Gasteiger partial charge in [0.25, 0.3) is 0 Å². The van der Waals surface area contributed by atoms with Crippen LogP contribution in [-0.4, -0.2) is 19.5 Å². The van der Waals surface area contributed by atoms with Crippen LogP contribution in [0.1, 0.15) is 19.8 Å². The topological polar surface area (TPSA) is 69.2 Å². The van der Waals surface area contributed by atoms with Crippen molar-refractivity contribution < 1.29 is 64.4 Å². The molecule has 0 rings (SSSR count). The molecule has 1 N–H and O–H groups in total. The summed E-state index contributed by atoms with van der Waals surface area (Å²) >= 11 is 0. The van der Waals surface area contributed by atoms with Gasteiger partial charge in [-0.2, -0.15) is 0 Å². The Kier molecular flexibility index (Phi) is 10.1. The van der Waals surface area contributed by atoms with E-state index in [4.69, 9.17) is 0 Å². The van der Waals surface area contributed by atoms with Crippen molar-refractivity contribution in [3.05, 3.63) is 0 Å². The maximum absolute atomic E-state index is 9.84. The largest absolute Gasteiger partial charge is 1.00 e. The third-order valence-electron chi connectivity index (χ3n) is 0.809. The van der Waals surface area contributed by atoms with Gasteiger partial charge >= 0.3 is 51.4 Å². The predicted molar refractivity (Wildman–Crippen MR) is 32.6 cm³/mol. The molecule has 0 heterocycles. The zero-order valence-electron chi connectivity index (χ0n) is 6.25. The minimum absolute atomic E-state index is 0. The van der Waals surface area contributed by atoms with Crippen LogP contribution in [0.25, 0.3) is 0 Å². The Balaban J connectivity index is 0. The van der Waals surface area contributed by atoms with E-state index in [9.17, 15) is 13.0 Å². The molecule has 0 saturated carbocycles. The van der Waals surface area contributed by atoms with Gasteiger partial charge in [0.15, 0.2) is 10.3 Å². The molecule has 0 spiro atoms. The van der Waals surface area contributed by atoms with Crippen molar-refractivity contribution in [3.63, 3.8) is 0 Å². The van der Waals surface area contributed by atoms with Crippen LogP contribution in [0, 0.1) is 0 Å². The van der Waals surface area contributed by atoms with Gasteiger partial charge in [0.1, 0.15) is 0 Å². The van der Waals surface area contributed by atoms with E-state index in [-0.39, 0.29) is 57.9 Å². The fourth-order valence-electron chi connectivity index (χ4n) is 0.374. The number of unbranched alkanes of at least 4 members (excludes halogenated alkanes) is 1. The number of rotatable bonds is 4. The number of nitrogens with one attached hydrogen (secondary N) is 1. The Morgan fingerprint density at radius 1 is 1.50 bits per heavy atom. The number of hydrogen-bond acceptors (Lipinski definition) is 3. The molecule has 0 aromatic carbocycles. The van der Waals surface area contributed by atoms with E-state index in [0.717, 1.165) is 6.42 Å². The molecule has 0 saturated heterocycles. The van der Waals surface area contributed by atoms with Gasteiger partial charge in [-0.1, -0.05) is 13.3 Å². The van der Waals surface area contributed by atoms with Gasteiger partial charge in [0.2, 0.25) is 0 Å². The number of hydrogen-bond donors (Lipinski definition) is 1. The summed E-state index contributed by atoms with van der Waals surface area (Å²) in [6, 6.07) is 0. The van der Waals surface area contributed by atoms with Gasteiger partial charge in [-0.3, -0.25) is 0 Å². The van der Waals surface area contributed by atoms with Crippen molar-refractivity contribution in [1.82, 2.24) is 4.72 Å². The molecule has 56 valence electrons. The Labute approximate surface area is 104 Å². The zero-order chi connectivity index (χ0) is 7.33. The minimum Gasteiger partial charge on any atom is -0.735 e. The first-order valence-electron chi connectivity index (χ1n) is 2.76. The van der Waals surface area contributed by atoms with Crippen LogP contribution in [0.2, 0.25) is 0 Å². The van der Waals surface area contributed by atoms with Crippen molar-refractivity contribution in [3.8, 4) is 0 Å². The van der Waals surface area contributed by atoms with Gasteiger partial charge in [0.05, 0.1) is 0 Å². The van der Waals surface area contributed by atoms with E-state index in [1.54, 1.807) is 0 Å². The van der Waals surface area contributed by atoms with Crippen LogP contribution in [-0.2, 0) is 10.3 Å². The van der Waals surface area contributed by atoms with Gasteiger partial charge in [-0.15, -0.1) is 0 Å². The summed E-state index contributed by atoms with van der Waals surface area (Å²) in [6.07, 6.45) is 1.59. The molecule has 0 radical (unpaired) electrons. The molecule has 4 nitrogen and oxygen atoms in total. The van der Waals surface area contributed by atoms with Crippen molar-refractivity contribution in [2.75, 3.05) is 6.54 Å². The average Bonchev–Trinajstić information content (AvgIpc) is 1.63. The molecule has 0 aromatic rings. The van der Waals surface area contributed by atoms with Gasteiger partial charge in [0, 0.05) is 6.54 Å². The molecule has 10 heavy (non-hydrogen) atoms. The third-order valence-corrected chi connectivity index (χ3v) is 1.37. The van der Waals surface area contributed by atoms with Crippen molar-refractivity contribution in [2.24, 2.45) is 0 Å². The maximum atomic E-state index is 9.84. The van der Waals surface area contributed by atoms with Gasteiger partial charge < -0.3 is 4.55 Å². The molecule has 0 amide bonds. The predicted octanol–water partition coefficient (Wildman–Crippen LogP) is -3.16. The molecule has 0 atom stereocenters. The molecular weight excluding hydrogens is 181 g/mol. The first-order valence-corrected chi connectivity index (χ1v) is 4.17. The van der Waals surface area contributed by atoms with Crippen LogP contribution in [0.3, 0.4) is 0 Å². The molecular formula is C4H10KNO3S. The van der Waals surface area contributed by atoms with Crippen LogP contribution in [0.15, 0.2) is 0 Å². The van der Waals surface area contributed by atoms with E-state index < -0.39 is 10.3 Å². The fourth-order valence-corrected chi connectivity index (χ4v) is 0.768. The summed E-state index contributed by atoms with van der Waals surface area (Å²) in [7, 11) is -4.20. The van der Waals surface area contributed by atoms with Crippen molar-refractivity contribution in [1.29, 1.82) is 0 Å². The Morgan fingerprint density at radius 2 is 2.00 bits per heavy atom. The SMILES string of the molecule is CCCCNS(=O)(=O)[O-].[K+]. The Hall–Kier alpha value is 1.51. The van der Waals surface area contributed by atoms with Gasteiger partial charge in [-0.25, -0.2) is 13.1 Å². The summed E-state index contributed by atoms with van der Waals surface area (Å²) < 4.78 is 31.4. The Morgan fingerprint density at radius 3 is 2.30 bits per heavy atom. The van der Waals surface area contributed by atoms with Crippen LogP contribution >= 0.6 is 0 Å². The van der Waals surface area contributed by atoms with E-state index in [0.29, 0.717) is 6.42 Å². The van der Waals surface area contributed by atoms with Crippen molar-refractivity contribution >= 4 is 10.3 Å². The van der Waals surface area contributed by atoms with Crippen LogP contribution in [0.5, 0.6) is 0 Å². The van der Waals surface area contributed by atoms with E-state index in [2.05, 4.69) is 0 Å². The molecule has 0 bridgehead atoms. The second kappa shape index (κ2) is 7.17. The maximum Gasteiger partial charge on any atom is 1.00 e. The summed E-state index contributed by atoms with van der Waals surface area (Å²) in [5.41, 5.74) is 0. The summed E-state index contributed by atoms with van der Waals surface area (Å²) in [5, 5.41) is 0. The second-order valence-electron chi connectivity index (χ2n) is 1.70. The first-order chi connectivity index (χ1) is 4.06. The molecule has 0 aliphatic carbocycles. The van der Waals surface area contributed by atoms with E-state index in [1.807, 2.05) is 11.6 Å². The monoisotopic (exact) mass is 191 g/mol. The quantitative estimate of drug-likeness (QED) is 0.290. The summed E-state index contributed by atoms with van der Waals surface area (Å²) in [4.78, 5) is 0. The molecule has 0 aliphatic rings. The van der Waals surface area contributed by atoms with Crippen LogP contribution in [0.4, 0.5) is 0 Å². The smallest absolute Gasteiger partial charge is 0.735 e. The average molecular weight is 191 g/mol. The van der Waals surface area contributed by atoms with E-state index in [1.165, 1.54) is 0 Å². The third kappa shape index (κ3) is 12.2. The minimum atomic E-state index is -4.20. The summed E-state index contributed by atoms with van der Waals surface area (Å²) in [5.74, 6) is 0.